The topological polar surface area (TPSA) is 63.8 Å². The van der Waals surface area contributed by atoms with Crippen LogP contribution < -0.4 is 5.32 Å². The van der Waals surface area contributed by atoms with E-state index in [2.05, 4.69) is 65.5 Å². The van der Waals surface area contributed by atoms with E-state index in [4.69, 9.17) is 9.40 Å². The molecule has 1 aromatic carbocycles. The van der Waals surface area contributed by atoms with Crippen molar-refractivity contribution in [1.82, 2.24) is 15.0 Å². The molecule has 1 N–H and O–H groups in total. The summed E-state index contributed by atoms with van der Waals surface area (Å²) in [6, 6.07) is 22.4. The van der Waals surface area contributed by atoms with Crippen molar-refractivity contribution in [2.45, 2.75) is 26.3 Å². The van der Waals surface area contributed by atoms with Gasteiger partial charge in [0.15, 0.2) is 0 Å². The molecule has 0 saturated carbocycles. The second-order valence-corrected chi connectivity index (χ2v) is 8.06. The standard InChI is InChI=1S/C27H24N4O/c1-18(2)20-7-3-4-8-21(20)26-15-25(22-12-14-32-27(22)31-26)30-17-19-10-11-24(29-16-19)23-9-5-6-13-28-23/h3-16,18H,17H2,1-2H3,(H,30,31). The molecule has 0 radical (unpaired) electrons. The van der Waals surface area contributed by atoms with Crippen LogP contribution in [0, 0.1) is 0 Å². The van der Waals surface area contributed by atoms with Crippen LogP contribution in [0.15, 0.2) is 89.8 Å². The summed E-state index contributed by atoms with van der Waals surface area (Å²) >= 11 is 0. The fourth-order valence-corrected chi connectivity index (χ4v) is 3.86. The van der Waals surface area contributed by atoms with Gasteiger partial charge in [0, 0.05) is 30.2 Å². The van der Waals surface area contributed by atoms with Crippen molar-refractivity contribution < 1.29 is 4.42 Å². The second kappa shape index (κ2) is 8.63. The van der Waals surface area contributed by atoms with E-state index in [1.54, 1.807) is 12.5 Å². The molecule has 0 fully saturated rings. The summed E-state index contributed by atoms with van der Waals surface area (Å²) in [5.41, 5.74) is 7.75. The summed E-state index contributed by atoms with van der Waals surface area (Å²) in [4.78, 5) is 13.7. The predicted molar refractivity (Wildman–Crippen MR) is 128 cm³/mol. The molecule has 32 heavy (non-hydrogen) atoms. The van der Waals surface area contributed by atoms with Crippen molar-refractivity contribution in [2.24, 2.45) is 0 Å². The van der Waals surface area contributed by atoms with E-state index in [1.165, 1.54) is 5.56 Å². The number of furan rings is 1. The van der Waals surface area contributed by atoms with Gasteiger partial charge in [-0.1, -0.05) is 50.2 Å². The molecule has 0 aliphatic heterocycles. The number of pyridine rings is 3. The van der Waals surface area contributed by atoms with Gasteiger partial charge in [0.1, 0.15) is 0 Å². The highest BCUT2D eigenvalue weighted by Gasteiger charge is 2.14. The van der Waals surface area contributed by atoms with Crippen LogP contribution in [0.4, 0.5) is 5.69 Å². The van der Waals surface area contributed by atoms with Gasteiger partial charge in [0.2, 0.25) is 5.71 Å². The molecule has 0 amide bonds. The Bertz CT molecular complexity index is 1340. The smallest absolute Gasteiger partial charge is 0.228 e. The third-order valence-electron chi connectivity index (χ3n) is 5.53. The van der Waals surface area contributed by atoms with Crippen LogP contribution in [0.3, 0.4) is 0 Å². The van der Waals surface area contributed by atoms with E-state index in [0.717, 1.165) is 39.3 Å². The lowest BCUT2D eigenvalue weighted by molar-refractivity contribution is 0.603. The van der Waals surface area contributed by atoms with E-state index < -0.39 is 0 Å². The van der Waals surface area contributed by atoms with Gasteiger partial charge in [-0.3, -0.25) is 9.97 Å². The van der Waals surface area contributed by atoms with E-state index in [0.29, 0.717) is 18.2 Å². The van der Waals surface area contributed by atoms with Crippen molar-refractivity contribution in [1.29, 1.82) is 0 Å². The van der Waals surface area contributed by atoms with Crippen LogP contribution in [0.25, 0.3) is 33.7 Å². The van der Waals surface area contributed by atoms with Crippen molar-refractivity contribution in [3.05, 3.63) is 96.5 Å². The molecule has 5 heteroatoms. The molecular formula is C27H24N4O. The summed E-state index contributed by atoms with van der Waals surface area (Å²) in [6.45, 7) is 5.04. The number of hydrogen-bond donors (Lipinski definition) is 1. The number of hydrogen-bond acceptors (Lipinski definition) is 5. The fraction of sp³-hybridized carbons (Fsp3) is 0.148. The Morgan fingerprint density at radius 3 is 2.50 bits per heavy atom. The van der Waals surface area contributed by atoms with E-state index in [1.807, 2.05) is 36.5 Å². The Morgan fingerprint density at radius 2 is 1.72 bits per heavy atom. The van der Waals surface area contributed by atoms with Gasteiger partial charge in [0.25, 0.3) is 0 Å². The first-order valence-corrected chi connectivity index (χ1v) is 10.8. The van der Waals surface area contributed by atoms with Crippen LogP contribution in [-0.2, 0) is 6.54 Å². The van der Waals surface area contributed by atoms with Crippen molar-refractivity contribution in [3.8, 4) is 22.6 Å². The molecule has 0 aliphatic carbocycles. The molecule has 4 aromatic heterocycles. The first-order valence-electron chi connectivity index (χ1n) is 10.8. The summed E-state index contributed by atoms with van der Waals surface area (Å²) < 4.78 is 5.67. The lowest BCUT2D eigenvalue weighted by Gasteiger charge is -2.14. The largest absolute Gasteiger partial charge is 0.446 e. The highest BCUT2D eigenvalue weighted by atomic mass is 16.3. The predicted octanol–water partition coefficient (Wildman–Crippen LogP) is 6.69. The lowest BCUT2D eigenvalue weighted by Crippen LogP contribution is -2.02. The van der Waals surface area contributed by atoms with Gasteiger partial charge in [0.05, 0.1) is 28.7 Å². The van der Waals surface area contributed by atoms with Crippen molar-refractivity contribution >= 4 is 16.8 Å². The summed E-state index contributed by atoms with van der Waals surface area (Å²) in [6.07, 6.45) is 5.35. The lowest BCUT2D eigenvalue weighted by atomic mass is 9.95. The fourth-order valence-electron chi connectivity index (χ4n) is 3.86. The van der Waals surface area contributed by atoms with Crippen molar-refractivity contribution in [2.75, 3.05) is 5.32 Å². The highest BCUT2D eigenvalue weighted by molar-refractivity contribution is 5.91. The average molecular weight is 421 g/mol. The number of nitrogens with one attached hydrogen (secondary N) is 1. The summed E-state index contributed by atoms with van der Waals surface area (Å²) in [7, 11) is 0. The summed E-state index contributed by atoms with van der Waals surface area (Å²) in [5, 5.41) is 4.52. The van der Waals surface area contributed by atoms with Crippen LogP contribution in [-0.4, -0.2) is 15.0 Å². The zero-order chi connectivity index (χ0) is 21.9. The van der Waals surface area contributed by atoms with Gasteiger partial charge in [-0.25, -0.2) is 4.98 Å². The summed E-state index contributed by atoms with van der Waals surface area (Å²) in [5.74, 6) is 0.403. The van der Waals surface area contributed by atoms with Gasteiger partial charge in [-0.2, -0.15) is 0 Å². The molecule has 0 saturated heterocycles. The van der Waals surface area contributed by atoms with Crippen molar-refractivity contribution in [3.63, 3.8) is 0 Å². The number of rotatable bonds is 6. The molecule has 0 atom stereocenters. The molecular weight excluding hydrogens is 396 g/mol. The van der Waals surface area contributed by atoms with Crippen LogP contribution >= 0.6 is 0 Å². The zero-order valence-electron chi connectivity index (χ0n) is 18.1. The Labute approximate surface area is 187 Å². The number of nitrogens with zero attached hydrogens (tertiary/aromatic N) is 3. The molecule has 0 bridgehead atoms. The minimum atomic E-state index is 0.403. The Morgan fingerprint density at radius 1 is 0.875 bits per heavy atom. The molecule has 5 rings (SSSR count). The van der Waals surface area contributed by atoms with E-state index in [-0.39, 0.29) is 0 Å². The Kier molecular flexibility index (Phi) is 5.38. The third kappa shape index (κ3) is 3.97. The van der Waals surface area contributed by atoms with Crippen LogP contribution in [0.5, 0.6) is 0 Å². The molecule has 0 aliphatic rings. The van der Waals surface area contributed by atoms with Crippen LogP contribution in [0.2, 0.25) is 0 Å². The first kappa shape index (κ1) is 19.9. The molecule has 5 aromatic rings. The first-order chi connectivity index (χ1) is 15.7. The number of fused-ring (bicyclic) bond motifs is 1. The Hall–Kier alpha value is -3.99. The second-order valence-electron chi connectivity index (χ2n) is 8.06. The normalized spacial score (nSPS) is 11.2. The number of aromatic nitrogens is 3. The van der Waals surface area contributed by atoms with E-state index >= 15 is 0 Å². The minimum absolute atomic E-state index is 0.403. The van der Waals surface area contributed by atoms with Gasteiger partial charge in [-0.15, -0.1) is 0 Å². The molecule has 5 nitrogen and oxygen atoms in total. The maximum absolute atomic E-state index is 5.67. The van der Waals surface area contributed by atoms with E-state index in [9.17, 15) is 0 Å². The number of anilines is 1. The third-order valence-corrected chi connectivity index (χ3v) is 5.53. The number of benzene rings is 1. The van der Waals surface area contributed by atoms with Crippen LogP contribution in [0.1, 0.15) is 30.9 Å². The average Bonchev–Trinajstić information content (AvgIpc) is 3.32. The zero-order valence-corrected chi connectivity index (χ0v) is 18.1. The Balaban J connectivity index is 1.43. The van der Waals surface area contributed by atoms with Gasteiger partial charge < -0.3 is 9.73 Å². The SMILES string of the molecule is CC(C)c1ccccc1-c1cc(NCc2ccc(-c3ccccn3)nc2)c2ccoc2n1. The minimum Gasteiger partial charge on any atom is -0.446 e. The molecule has 0 spiro atoms. The molecule has 158 valence electrons. The quantitative estimate of drug-likeness (QED) is 0.332. The molecule has 4 heterocycles. The maximum atomic E-state index is 5.67. The highest BCUT2D eigenvalue weighted by Crippen LogP contribution is 2.33. The molecule has 0 unspecified atom stereocenters. The monoisotopic (exact) mass is 420 g/mol. The maximum Gasteiger partial charge on any atom is 0.228 e. The van der Waals surface area contributed by atoms with Gasteiger partial charge >= 0.3 is 0 Å². The van der Waals surface area contributed by atoms with Gasteiger partial charge in [-0.05, 0) is 47.4 Å².